The minimum Gasteiger partial charge on any atom is -0.484 e. The Morgan fingerprint density at radius 1 is 1.50 bits per heavy atom. The van der Waals surface area contributed by atoms with Crippen molar-refractivity contribution in [1.82, 2.24) is 0 Å². The highest BCUT2D eigenvalue weighted by Gasteiger charge is 2.12. The molecule has 8 heteroatoms. The predicted octanol–water partition coefficient (Wildman–Crippen LogP) is 2.88. The van der Waals surface area contributed by atoms with E-state index in [1.54, 1.807) is 6.92 Å². The lowest BCUT2D eigenvalue weighted by Crippen LogP contribution is -2.12. The first kappa shape index (κ1) is 15.9. The van der Waals surface area contributed by atoms with Gasteiger partial charge in [0.15, 0.2) is 5.90 Å². The monoisotopic (exact) mass is 300 g/mol. The molecule has 1 rings (SSSR count). The molecule has 1 aromatic carbocycles. The average Bonchev–Trinajstić information content (AvgIpc) is 2.40. The van der Waals surface area contributed by atoms with E-state index in [4.69, 9.17) is 21.1 Å². The fraction of sp³-hybridized carbons (Fsp3) is 0.333. The Morgan fingerprint density at radius 2 is 2.20 bits per heavy atom. The molecule has 0 atom stereocenters. The molecule has 7 nitrogen and oxygen atoms in total. The Labute approximate surface area is 120 Å². The first-order valence-corrected chi connectivity index (χ1v) is 6.06. The van der Waals surface area contributed by atoms with Crippen molar-refractivity contribution in [3.63, 3.8) is 0 Å². The number of aliphatic imine (C=N–C) groups is 1. The van der Waals surface area contributed by atoms with Gasteiger partial charge in [0.1, 0.15) is 6.42 Å². The van der Waals surface area contributed by atoms with E-state index in [0.717, 1.165) is 0 Å². The maximum Gasteiger partial charge on any atom is 0.315 e. The Morgan fingerprint density at radius 3 is 2.70 bits per heavy atom. The second-order valence-electron chi connectivity index (χ2n) is 3.58. The summed E-state index contributed by atoms with van der Waals surface area (Å²) in [7, 11) is 1.36. The lowest BCUT2D eigenvalue weighted by atomic mass is 10.3. The molecule has 0 heterocycles. The molecule has 0 aliphatic rings. The third-order valence-electron chi connectivity index (χ3n) is 2.22. The topological polar surface area (TPSA) is 91.0 Å². The number of carbonyl (C=O) groups is 1. The second-order valence-corrected chi connectivity index (χ2v) is 3.99. The number of halogens is 1. The standard InChI is InChI=1S/C12H13ClN2O5/c1-3-20-12(16)7-11(19-2)14-10-5-4-8(15(17)18)6-9(10)13/h4-6H,3,7H2,1-2H3. The molecule has 20 heavy (non-hydrogen) atoms. The van der Waals surface area contributed by atoms with Crippen LogP contribution in [0.5, 0.6) is 0 Å². The highest BCUT2D eigenvalue weighted by molar-refractivity contribution is 6.33. The number of nitrogens with zero attached hydrogens (tertiary/aromatic N) is 2. The van der Waals surface area contributed by atoms with Gasteiger partial charge in [-0.2, -0.15) is 0 Å². The van der Waals surface area contributed by atoms with Crippen molar-refractivity contribution in [2.24, 2.45) is 4.99 Å². The average molecular weight is 301 g/mol. The second kappa shape index (κ2) is 7.44. The van der Waals surface area contributed by atoms with E-state index < -0.39 is 10.9 Å². The minimum atomic E-state index is -0.560. The first-order chi connectivity index (χ1) is 9.47. The summed E-state index contributed by atoms with van der Waals surface area (Å²) < 4.78 is 9.73. The van der Waals surface area contributed by atoms with Gasteiger partial charge in [0.25, 0.3) is 5.69 Å². The number of nitro groups is 1. The third-order valence-corrected chi connectivity index (χ3v) is 2.53. The number of esters is 1. The molecule has 1 aromatic rings. The Kier molecular flexibility index (Phi) is 5.92. The summed E-state index contributed by atoms with van der Waals surface area (Å²) in [6, 6.07) is 3.82. The van der Waals surface area contributed by atoms with Gasteiger partial charge in [0.05, 0.1) is 29.4 Å². The zero-order chi connectivity index (χ0) is 15.1. The van der Waals surface area contributed by atoms with Crippen LogP contribution in [0, 0.1) is 10.1 Å². The molecule has 0 saturated heterocycles. The summed E-state index contributed by atoms with van der Waals surface area (Å²) >= 11 is 5.89. The zero-order valence-corrected chi connectivity index (χ0v) is 11.7. The largest absolute Gasteiger partial charge is 0.484 e. The molecular formula is C12H13ClN2O5. The van der Waals surface area contributed by atoms with Crippen LogP contribution >= 0.6 is 11.6 Å². The molecular weight excluding hydrogens is 288 g/mol. The molecule has 0 bridgehead atoms. The van der Waals surface area contributed by atoms with Crippen LogP contribution in [0.3, 0.4) is 0 Å². The number of nitro benzene ring substituents is 1. The van der Waals surface area contributed by atoms with Crippen LogP contribution in [-0.4, -0.2) is 30.5 Å². The third kappa shape index (κ3) is 4.51. The maximum atomic E-state index is 11.3. The van der Waals surface area contributed by atoms with Crippen molar-refractivity contribution >= 4 is 34.8 Å². The summed E-state index contributed by atoms with van der Waals surface area (Å²) in [5.74, 6) is -0.370. The number of non-ortho nitro benzene ring substituents is 1. The molecule has 0 aliphatic heterocycles. The van der Waals surface area contributed by atoms with Crippen LogP contribution in [0.15, 0.2) is 23.2 Å². The number of benzene rings is 1. The predicted molar refractivity (Wildman–Crippen MR) is 73.5 cm³/mol. The quantitative estimate of drug-likeness (QED) is 0.274. The van der Waals surface area contributed by atoms with E-state index in [9.17, 15) is 14.9 Å². The van der Waals surface area contributed by atoms with E-state index >= 15 is 0 Å². The zero-order valence-electron chi connectivity index (χ0n) is 11.0. The van der Waals surface area contributed by atoms with Crippen LogP contribution in [0.4, 0.5) is 11.4 Å². The molecule has 0 aromatic heterocycles. The number of hydrogen-bond donors (Lipinski definition) is 0. The molecule has 108 valence electrons. The van der Waals surface area contributed by atoms with Crippen molar-refractivity contribution in [1.29, 1.82) is 0 Å². The fourth-order valence-electron chi connectivity index (χ4n) is 1.33. The van der Waals surface area contributed by atoms with E-state index in [1.165, 1.54) is 25.3 Å². The maximum absolute atomic E-state index is 11.3. The van der Waals surface area contributed by atoms with Gasteiger partial charge in [0.2, 0.25) is 0 Å². The van der Waals surface area contributed by atoms with Crippen LogP contribution in [0.25, 0.3) is 0 Å². The normalized spacial score (nSPS) is 11.1. The molecule has 0 spiro atoms. The lowest BCUT2D eigenvalue weighted by molar-refractivity contribution is -0.384. The smallest absolute Gasteiger partial charge is 0.315 e. The molecule has 0 fully saturated rings. The van der Waals surface area contributed by atoms with Crippen LogP contribution in [0.2, 0.25) is 5.02 Å². The number of methoxy groups -OCH3 is 1. The van der Waals surface area contributed by atoms with Gasteiger partial charge in [-0.05, 0) is 13.0 Å². The van der Waals surface area contributed by atoms with Crippen molar-refractivity contribution < 1.29 is 19.2 Å². The van der Waals surface area contributed by atoms with Crippen molar-refractivity contribution in [3.05, 3.63) is 33.3 Å². The van der Waals surface area contributed by atoms with Gasteiger partial charge >= 0.3 is 5.97 Å². The van der Waals surface area contributed by atoms with E-state index in [2.05, 4.69) is 4.99 Å². The molecule has 0 saturated carbocycles. The van der Waals surface area contributed by atoms with Crippen LogP contribution < -0.4 is 0 Å². The number of rotatable bonds is 5. The van der Waals surface area contributed by atoms with E-state index in [1.807, 2.05) is 0 Å². The fourth-order valence-corrected chi connectivity index (χ4v) is 1.54. The van der Waals surface area contributed by atoms with Crippen LogP contribution in [0.1, 0.15) is 13.3 Å². The Balaban J connectivity index is 2.95. The molecule has 0 aliphatic carbocycles. The molecule has 0 N–H and O–H groups in total. The van der Waals surface area contributed by atoms with Gasteiger partial charge in [-0.25, -0.2) is 4.99 Å². The minimum absolute atomic E-state index is 0.0950. The van der Waals surface area contributed by atoms with Gasteiger partial charge in [-0.1, -0.05) is 11.6 Å². The Bertz CT molecular complexity index is 545. The first-order valence-electron chi connectivity index (χ1n) is 5.69. The van der Waals surface area contributed by atoms with Crippen molar-refractivity contribution in [2.45, 2.75) is 13.3 Å². The lowest BCUT2D eigenvalue weighted by Gasteiger charge is -2.05. The highest BCUT2D eigenvalue weighted by atomic mass is 35.5. The number of carbonyl (C=O) groups excluding carboxylic acids is 1. The van der Waals surface area contributed by atoms with E-state index in [0.29, 0.717) is 0 Å². The highest BCUT2D eigenvalue weighted by Crippen LogP contribution is 2.29. The SMILES string of the molecule is CCOC(=O)CC(=Nc1ccc([N+](=O)[O-])cc1Cl)OC. The number of ether oxygens (including phenoxy) is 2. The van der Waals surface area contributed by atoms with Crippen molar-refractivity contribution in [2.75, 3.05) is 13.7 Å². The van der Waals surface area contributed by atoms with Crippen LogP contribution in [-0.2, 0) is 14.3 Å². The molecule has 0 unspecified atom stereocenters. The molecule has 0 amide bonds. The summed E-state index contributed by atoms with van der Waals surface area (Å²) in [5, 5.41) is 10.7. The van der Waals surface area contributed by atoms with Gasteiger partial charge in [0, 0.05) is 12.1 Å². The van der Waals surface area contributed by atoms with E-state index in [-0.39, 0.29) is 35.3 Å². The summed E-state index contributed by atoms with van der Waals surface area (Å²) in [6.07, 6.45) is -0.141. The van der Waals surface area contributed by atoms with Gasteiger partial charge in [-0.15, -0.1) is 0 Å². The van der Waals surface area contributed by atoms with Gasteiger partial charge < -0.3 is 9.47 Å². The number of hydrogen-bond acceptors (Lipinski definition) is 6. The summed E-state index contributed by atoms with van der Waals surface area (Å²) in [6.45, 7) is 1.95. The van der Waals surface area contributed by atoms with Crippen molar-refractivity contribution in [3.8, 4) is 0 Å². The summed E-state index contributed by atoms with van der Waals surface area (Å²) in [5.41, 5.74) is 0.136. The molecule has 0 radical (unpaired) electrons. The summed E-state index contributed by atoms with van der Waals surface area (Å²) in [4.78, 5) is 25.4. The van der Waals surface area contributed by atoms with Gasteiger partial charge in [-0.3, -0.25) is 14.9 Å². The Hall–Kier alpha value is -2.15.